The highest BCUT2D eigenvalue weighted by molar-refractivity contribution is 5.79. The molecule has 0 aromatic heterocycles. The fourth-order valence-corrected chi connectivity index (χ4v) is 5.29. The molecule has 0 unspecified atom stereocenters. The second kappa shape index (κ2) is 6.73. The highest BCUT2D eigenvalue weighted by atomic mass is 16.5. The molecule has 1 heterocycles. The molecule has 1 N–H and O–H groups in total. The predicted octanol–water partition coefficient (Wildman–Crippen LogP) is 2.67. The van der Waals surface area contributed by atoms with Gasteiger partial charge in [-0.15, -0.1) is 0 Å². The zero-order valence-corrected chi connectivity index (χ0v) is 15.1. The quantitative estimate of drug-likeness (QED) is 0.898. The summed E-state index contributed by atoms with van der Waals surface area (Å²) in [6.45, 7) is 1.73. The Morgan fingerprint density at radius 3 is 2.72 bits per heavy atom. The maximum Gasteiger partial charge on any atom is 0.225 e. The number of carbonyl (C=O) groups excluding carboxylic acids is 1. The van der Waals surface area contributed by atoms with Gasteiger partial charge in [0.05, 0.1) is 12.2 Å². The van der Waals surface area contributed by atoms with Crippen LogP contribution in [-0.4, -0.2) is 48.3 Å². The molecule has 3 aliphatic rings. The lowest BCUT2D eigenvalue weighted by Crippen LogP contribution is -2.48. The lowest BCUT2D eigenvalue weighted by molar-refractivity contribution is -0.142. The summed E-state index contributed by atoms with van der Waals surface area (Å²) in [7, 11) is 1.63. The molecular formula is C21H29NO3. The average Bonchev–Trinajstić information content (AvgIpc) is 3.01. The summed E-state index contributed by atoms with van der Waals surface area (Å²) in [6.07, 6.45) is 6.06. The van der Waals surface area contributed by atoms with E-state index in [2.05, 4.69) is 29.2 Å². The Balaban J connectivity index is 1.40. The van der Waals surface area contributed by atoms with E-state index in [4.69, 9.17) is 4.74 Å². The fraction of sp³-hybridized carbons (Fsp3) is 0.667. The highest BCUT2D eigenvalue weighted by Gasteiger charge is 2.43. The summed E-state index contributed by atoms with van der Waals surface area (Å²) in [4.78, 5) is 15.0. The van der Waals surface area contributed by atoms with E-state index in [1.807, 2.05) is 0 Å². The minimum Gasteiger partial charge on any atom is -0.390 e. The van der Waals surface area contributed by atoms with Crippen LogP contribution in [0.3, 0.4) is 0 Å². The van der Waals surface area contributed by atoms with E-state index in [0.717, 1.165) is 32.4 Å². The summed E-state index contributed by atoms with van der Waals surface area (Å²) in [5, 5.41) is 9.96. The van der Waals surface area contributed by atoms with E-state index in [1.54, 1.807) is 7.11 Å². The van der Waals surface area contributed by atoms with E-state index < -0.39 is 6.10 Å². The monoisotopic (exact) mass is 343 g/mol. The van der Waals surface area contributed by atoms with Gasteiger partial charge in [-0.1, -0.05) is 24.3 Å². The SMILES string of the molecule is CO[C@@H]1C[C@H](C(=O)N2CCC3(CCc4ccccc43)CC2)CC[C@@H]1O. The number of piperidine rings is 1. The number of nitrogens with zero attached hydrogens (tertiary/aromatic N) is 1. The van der Waals surface area contributed by atoms with Gasteiger partial charge in [0.15, 0.2) is 0 Å². The van der Waals surface area contributed by atoms with Gasteiger partial charge in [0.2, 0.25) is 5.91 Å². The number of hydrogen-bond acceptors (Lipinski definition) is 3. The van der Waals surface area contributed by atoms with E-state index in [9.17, 15) is 9.90 Å². The van der Waals surface area contributed by atoms with Crippen LogP contribution in [0.25, 0.3) is 0 Å². The number of ether oxygens (including phenoxy) is 1. The normalized spacial score (nSPS) is 31.1. The van der Waals surface area contributed by atoms with Crippen molar-refractivity contribution in [2.75, 3.05) is 20.2 Å². The third-order valence-electron chi connectivity index (χ3n) is 6.90. The highest BCUT2D eigenvalue weighted by Crippen LogP contribution is 2.46. The second-order valence-corrected chi connectivity index (χ2v) is 8.11. The van der Waals surface area contributed by atoms with Crippen molar-refractivity contribution in [1.82, 2.24) is 4.90 Å². The standard InChI is InChI=1S/C21H29NO3/c1-25-19-14-16(6-7-18(19)23)20(24)22-12-10-21(11-13-22)9-8-15-4-2-3-5-17(15)21/h2-5,16,18-19,23H,6-14H2,1H3/t16-,18+,19-/m1/s1. The van der Waals surface area contributed by atoms with Crippen LogP contribution in [0, 0.1) is 5.92 Å². The number of aryl methyl sites for hydroxylation is 1. The molecule has 0 radical (unpaired) electrons. The molecule has 1 aliphatic heterocycles. The number of methoxy groups -OCH3 is 1. The smallest absolute Gasteiger partial charge is 0.225 e. The Labute approximate surface area is 150 Å². The maximum absolute atomic E-state index is 13.0. The van der Waals surface area contributed by atoms with Crippen LogP contribution in [0.4, 0.5) is 0 Å². The van der Waals surface area contributed by atoms with Gasteiger partial charge in [0.1, 0.15) is 0 Å². The first kappa shape index (κ1) is 17.0. The van der Waals surface area contributed by atoms with Crippen molar-refractivity contribution in [2.24, 2.45) is 5.92 Å². The molecule has 3 atom stereocenters. The van der Waals surface area contributed by atoms with Crippen LogP contribution in [0.1, 0.15) is 49.7 Å². The maximum atomic E-state index is 13.0. The van der Waals surface area contributed by atoms with Crippen molar-refractivity contribution in [3.63, 3.8) is 0 Å². The molecule has 4 nitrogen and oxygen atoms in total. The van der Waals surface area contributed by atoms with Gasteiger partial charge in [0.25, 0.3) is 0 Å². The van der Waals surface area contributed by atoms with Gasteiger partial charge in [-0.25, -0.2) is 0 Å². The number of benzene rings is 1. The Bertz CT molecular complexity index is 636. The minimum atomic E-state index is -0.423. The average molecular weight is 343 g/mol. The van der Waals surface area contributed by atoms with Crippen LogP contribution in [0.2, 0.25) is 0 Å². The Hall–Kier alpha value is -1.39. The number of aliphatic hydroxyl groups is 1. The lowest BCUT2D eigenvalue weighted by Gasteiger charge is -2.42. The van der Waals surface area contributed by atoms with E-state index >= 15 is 0 Å². The second-order valence-electron chi connectivity index (χ2n) is 8.11. The summed E-state index contributed by atoms with van der Waals surface area (Å²) in [5.41, 5.74) is 3.33. The molecule has 1 saturated heterocycles. The largest absolute Gasteiger partial charge is 0.390 e. The van der Waals surface area contributed by atoms with Crippen LogP contribution in [0.5, 0.6) is 0 Å². The van der Waals surface area contributed by atoms with Crippen molar-refractivity contribution in [3.8, 4) is 0 Å². The molecule has 136 valence electrons. The topological polar surface area (TPSA) is 49.8 Å². The van der Waals surface area contributed by atoms with E-state index in [1.165, 1.54) is 24.0 Å². The van der Waals surface area contributed by atoms with Gasteiger partial charge in [-0.2, -0.15) is 0 Å². The zero-order valence-electron chi connectivity index (χ0n) is 15.1. The first-order valence-electron chi connectivity index (χ1n) is 9.71. The molecule has 1 spiro atoms. The molecule has 1 amide bonds. The summed E-state index contributed by atoms with van der Waals surface area (Å²) in [6, 6.07) is 8.85. The summed E-state index contributed by atoms with van der Waals surface area (Å²) < 4.78 is 5.37. The van der Waals surface area contributed by atoms with Crippen LogP contribution < -0.4 is 0 Å². The third kappa shape index (κ3) is 3.00. The van der Waals surface area contributed by atoms with Crippen molar-refractivity contribution in [2.45, 2.75) is 62.6 Å². The Morgan fingerprint density at radius 1 is 1.20 bits per heavy atom. The molecular weight excluding hydrogens is 314 g/mol. The van der Waals surface area contributed by atoms with Crippen molar-refractivity contribution in [3.05, 3.63) is 35.4 Å². The number of carbonyl (C=O) groups is 1. The predicted molar refractivity (Wildman–Crippen MR) is 96.4 cm³/mol. The lowest BCUT2D eigenvalue weighted by atomic mass is 9.73. The van der Waals surface area contributed by atoms with Crippen molar-refractivity contribution in [1.29, 1.82) is 0 Å². The van der Waals surface area contributed by atoms with Gasteiger partial charge in [-0.3, -0.25) is 4.79 Å². The molecule has 1 aromatic rings. The van der Waals surface area contributed by atoms with Gasteiger partial charge in [0, 0.05) is 26.1 Å². The van der Waals surface area contributed by atoms with Crippen LogP contribution in [0.15, 0.2) is 24.3 Å². The molecule has 25 heavy (non-hydrogen) atoms. The molecule has 0 bridgehead atoms. The van der Waals surface area contributed by atoms with Gasteiger partial charge < -0.3 is 14.7 Å². The molecule has 1 saturated carbocycles. The third-order valence-corrected chi connectivity index (χ3v) is 6.90. The molecule has 2 fully saturated rings. The number of rotatable bonds is 2. The number of likely N-dealkylation sites (tertiary alicyclic amines) is 1. The van der Waals surface area contributed by atoms with Crippen molar-refractivity contribution < 1.29 is 14.6 Å². The van der Waals surface area contributed by atoms with Crippen LogP contribution in [-0.2, 0) is 21.4 Å². The molecule has 1 aromatic carbocycles. The van der Waals surface area contributed by atoms with Gasteiger partial charge in [-0.05, 0) is 61.5 Å². The van der Waals surface area contributed by atoms with Crippen molar-refractivity contribution >= 4 is 5.91 Å². The Kier molecular flexibility index (Phi) is 4.59. The minimum absolute atomic E-state index is 0.0123. The van der Waals surface area contributed by atoms with Crippen LogP contribution >= 0.6 is 0 Å². The molecule has 4 rings (SSSR count). The number of fused-ring (bicyclic) bond motifs is 2. The van der Waals surface area contributed by atoms with E-state index in [-0.39, 0.29) is 17.9 Å². The number of aliphatic hydroxyl groups excluding tert-OH is 1. The summed E-state index contributed by atoms with van der Waals surface area (Å²) >= 11 is 0. The van der Waals surface area contributed by atoms with Gasteiger partial charge >= 0.3 is 0 Å². The van der Waals surface area contributed by atoms with E-state index in [0.29, 0.717) is 18.3 Å². The summed E-state index contributed by atoms with van der Waals surface area (Å²) in [5.74, 6) is 0.286. The first-order valence-corrected chi connectivity index (χ1v) is 9.71. The first-order chi connectivity index (χ1) is 12.1. The molecule has 2 aliphatic carbocycles. The fourth-order valence-electron chi connectivity index (χ4n) is 5.29. The Morgan fingerprint density at radius 2 is 1.96 bits per heavy atom. The zero-order chi connectivity index (χ0) is 17.4. The molecule has 4 heteroatoms. The number of amides is 1. The number of hydrogen-bond donors (Lipinski definition) is 1.